The van der Waals surface area contributed by atoms with Gasteiger partial charge in [-0.25, -0.2) is 0 Å². The first kappa shape index (κ1) is 14.3. The fourth-order valence-electron chi connectivity index (χ4n) is 1.47. The summed E-state index contributed by atoms with van der Waals surface area (Å²) in [6.07, 6.45) is 1.27. The monoisotopic (exact) mass is 255 g/mol. The Bertz CT molecular complexity index is 354. The Morgan fingerprint density at radius 1 is 1.35 bits per heavy atom. The van der Waals surface area contributed by atoms with Crippen molar-refractivity contribution in [2.24, 2.45) is 0 Å². The summed E-state index contributed by atoms with van der Waals surface area (Å²) in [6.45, 7) is 9.29. The second-order valence-electron chi connectivity index (χ2n) is 4.56. The van der Waals surface area contributed by atoms with Crippen LogP contribution in [0.1, 0.15) is 32.8 Å². The number of halogens is 1. The molecule has 96 valence electrons. The summed E-state index contributed by atoms with van der Waals surface area (Å²) in [5.41, 5.74) is 1.12. The van der Waals surface area contributed by atoms with E-state index in [4.69, 9.17) is 16.3 Å². The lowest BCUT2D eigenvalue weighted by Crippen LogP contribution is -2.34. The first-order valence-electron chi connectivity index (χ1n) is 6.19. The van der Waals surface area contributed by atoms with E-state index >= 15 is 0 Å². The van der Waals surface area contributed by atoms with Crippen molar-refractivity contribution in [2.75, 3.05) is 6.54 Å². The molecule has 1 aromatic rings. The Labute approximate surface area is 109 Å². The van der Waals surface area contributed by atoms with Gasteiger partial charge in [0.2, 0.25) is 0 Å². The molecule has 0 radical (unpaired) electrons. The van der Waals surface area contributed by atoms with Crippen molar-refractivity contribution in [2.45, 2.75) is 46.3 Å². The molecule has 0 heterocycles. The zero-order chi connectivity index (χ0) is 12.8. The summed E-state index contributed by atoms with van der Waals surface area (Å²) in [5, 5.41) is 4.14. The molecule has 0 aliphatic carbocycles. The maximum atomic E-state index is 5.95. The van der Waals surface area contributed by atoms with E-state index in [1.807, 2.05) is 25.1 Å². The van der Waals surface area contributed by atoms with Gasteiger partial charge in [0.05, 0.1) is 0 Å². The van der Waals surface area contributed by atoms with E-state index in [1.165, 1.54) is 0 Å². The number of hydrogen-bond acceptors (Lipinski definition) is 2. The molecule has 1 rings (SSSR count). The average Bonchev–Trinajstić information content (AvgIpc) is 2.30. The Hall–Kier alpha value is -0.730. The fourth-order valence-corrected chi connectivity index (χ4v) is 1.63. The lowest BCUT2D eigenvalue weighted by atomic mass is 10.2. The minimum absolute atomic E-state index is 0.140. The van der Waals surface area contributed by atoms with Gasteiger partial charge >= 0.3 is 0 Å². The van der Waals surface area contributed by atoms with Gasteiger partial charge in [0, 0.05) is 17.6 Å². The molecule has 1 N–H and O–H groups in total. The number of ether oxygens (including phenoxy) is 1. The average molecular weight is 256 g/mol. The van der Waals surface area contributed by atoms with Crippen LogP contribution in [0.3, 0.4) is 0 Å². The Morgan fingerprint density at radius 2 is 2.06 bits per heavy atom. The van der Waals surface area contributed by atoms with Crippen LogP contribution in [0.15, 0.2) is 18.2 Å². The van der Waals surface area contributed by atoms with Gasteiger partial charge in [-0.1, -0.05) is 24.6 Å². The molecule has 2 unspecified atom stereocenters. The van der Waals surface area contributed by atoms with Crippen LogP contribution in [0.2, 0.25) is 5.02 Å². The van der Waals surface area contributed by atoms with E-state index in [-0.39, 0.29) is 6.10 Å². The van der Waals surface area contributed by atoms with Crippen molar-refractivity contribution >= 4 is 11.6 Å². The highest BCUT2D eigenvalue weighted by atomic mass is 35.5. The van der Waals surface area contributed by atoms with E-state index in [2.05, 4.69) is 26.1 Å². The predicted molar refractivity (Wildman–Crippen MR) is 74.0 cm³/mol. The number of rotatable bonds is 6. The van der Waals surface area contributed by atoms with Gasteiger partial charge in [-0.3, -0.25) is 0 Å². The molecular weight excluding hydrogens is 234 g/mol. The number of aryl methyl sites for hydroxylation is 1. The van der Waals surface area contributed by atoms with Crippen molar-refractivity contribution in [1.82, 2.24) is 5.32 Å². The predicted octanol–water partition coefficient (Wildman–Crippen LogP) is 3.80. The summed E-state index contributed by atoms with van der Waals surface area (Å²) in [7, 11) is 0. The van der Waals surface area contributed by atoms with Gasteiger partial charge in [0.25, 0.3) is 0 Å². The lowest BCUT2D eigenvalue weighted by Gasteiger charge is -2.19. The quantitative estimate of drug-likeness (QED) is 0.835. The summed E-state index contributed by atoms with van der Waals surface area (Å²) in [4.78, 5) is 0. The molecule has 0 aliphatic heterocycles. The Balaban J connectivity index is 2.50. The van der Waals surface area contributed by atoms with Crippen molar-refractivity contribution in [3.8, 4) is 5.75 Å². The van der Waals surface area contributed by atoms with Gasteiger partial charge in [-0.05, 0) is 44.9 Å². The lowest BCUT2D eigenvalue weighted by molar-refractivity contribution is 0.210. The van der Waals surface area contributed by atoms with Crippen LogP contribution in [0.4, 0.5) is 0 Å². The highest BCUT2D eigenvalue weighted by Crippen LogP contribution is 2.23. The van der Waals surface area contributed by atoms with Gasteiger partial charge < -0.3 is 10.1 Å². The third kappa shape index (κ3) is 4.97. The Kier molecular flexibility index (Phi) is 5.79. The van der Waals surface area contributed by atoms with Crippen molar-refractivity contribution in [1.29, 1.82) is 0 Å². The van der Waals surface area contributed by atoms with Crippen LogP contribution in [0.25, 0.3) is 0 Å². The molecule has 0 aromatic heterocycles. The van der Waals surface area contributed by atoms with E-state index in [1.54, 1.807) is 0 Å². The third-order valence-corrected chi connectivity index (χ3v) is 3.08. The minimum Gasteiger partial charge on any atom is -0.489 e. The number of benzene rings is 1. The molecule has 17 heavy (non-hydrogen) atoms. The molecule has 2 nitrogen and oxygen atoms in total. The maximum absolute atomic E-state index is 5.95. The van der Waals surface area contributed by atoms with Crippen LogP contribution in [0, 0.1) is 6.92 Å². The molecule has 0 saturated heterocycles. The van der Waals surface area contributed by atoms with E-state index in [9.17, 15) is 0 Å². The third-order valence-electron chi connectivity index (χ3n) is 2.84. The van der Waals surface area contributed by atoms with Gasteiger partial charge in [0.15, 0.2) is 0 Å². The van der Waals surface area contributed by atoms with Crippen LogP contribution in [-0.2, 0) is 0 Å². The van der Waals surface area contributed by atoms with Gasteiger partial charge in [-0.15, -0.1) is 0 Å². The first-order chi connectivity index (χ1) is 8.02. The second-order valence-corrected chi connectivity index (χ2v) is 4.99. The van der Waals surface area contributed by atoms with Crippen LogP contribution in [-0.4, -0.2) is 18.7 Å². The Morgan fingerprint density at radius 3 is 2.71 bits per heavy atom. The smallest absolute Gasteiger partial charge is 0.124 e. The van der Waals surface area contributed by atoms with E-state index in [0.29, 0.717) is 11.1 Å². The zero-order valence-corrected chi connectivity index (χ0v) is 11.8. The zero-order valence-electron chi connectivity index (χ0n) is 11.1. The largest absolute Gasteiger partial charge is 0.489 e. The molecule has 0 bridgehead atoms. The van der Waals surface area contributed by atoms with Gasteiger partial charge in [0.1, 0.15) is 11.9 Å². The molecule has 0 spiro atoms. The fraction of sp³-hybridized carbons (Fsp3) is 0.571. The normalized spacial score (nSPS) is 14.4. The first-order valence-corrected chi connectivity index (χ1v) is 6.57. The molecule has 2 atom stereocenters. The maximum Gasteiger partial charge on any atom is 0.124 e. The highest BCUT2D eigenvalue weighted by Gasteiger charge is 2.08. The van der Waals surface area contributed by atoms with Gasteiger partial charge in [-0.2, -0.15) is 0 Å². The molecule has 3 heteroatoms. The van der Waals surface area contributed by atoms with Crippen molar-refractivity contribution in [3.63, 3.8) is 0 Å². The summed E-state index contributed by atoms with van der Waals surface area (Å²) in [5.74, 6) is 0.871. The second kappa shape index (κ2) is 6.87. The summed E-state index contributed by atoms with van der Waals surface area (Å²) >= 11 is 5.95. The van der Waals surface area contributed by atoms with Crippen molar-refractivity contribution in [3.05, 3.63) is 28.8 Å². The molecule has 0 aliphatic rings. The van der Waals surface area contributed by atoms with Crippen LogP contribution >= 0.6 is 11.6 Å². The molecule has 0 amide bonds. The molecule has 1 aromatic carbocycles. The van der Waals surface area contributed by atoms with Crippen molar-refractivity contribution < 1.29 is 4.74 Å². The van der Waals surface area contributed by atoms with E-state index in [0.717, 1.165) is 24.3 Å². The number of hydrogen-bond donors (Lipinski definition) is 1. The standard InChI is InChI=1S/C14H22ClNO/c1-5-11(3)16-9-12(4)17-14-8-13(15)7-6-10(14)2/h6-8,11-12,16H,5,9H2,1-4H3. The van der Waals surface area contributed by atoms with Crippen LogP contribution < -0.4 is 10.1 Å². The summed E-state index contributed by atoms with van der Waals surface area (Å²) in [6, 6.07) is 6.26. The topological polar surface area (TPSA) is 21.3 Å². The summed E-state index contributed by atoms with van der Waals surface area (Å²) < 4.78 is 5.87. The number of nitrogens with one attached hydrogen (secondary N) is 1. The minimum atomic E-state index is 0.140. The van der Waals surface area contributed by atoms with E-state index < -0.39 is 0 Å². The molecule has 0 saturated carbocycles. The molecular formula is C14H22ClNO. The molecule has 0 fully saturated rings. The SMILES string of the molecule is CCC(C)NCC(C)Oc1cc(Cl)ccc1C. The highest BCUT2D eigenvalue weighted by molar-refractivity contribution is 6.30. The van der Waals surface area contributed by atoms with Crippen LogP contribution in [0.5, 0.6) is 5.75 Å².